The molecular formula is C17H19ClN4O. The van der Waals surface area contributed by atoms with Gasteiger partial charge in [-0.25, -0.2) is 4.98 Å². The zero-order valence-electron chi connectivity index (χ0n) is 12.8. The molecule has 3 heterocycles. The third-order valence-electron chi connectivity index (χ3n) is 3.97. The van der Waals surface area contributed by atoms with Gasteiger partial charge in [-0.1, -0.05) is 17.7 Å². The Hall–Kier alpha value is -1.98. The molecule has 3 rings (SSSR count). The maximum Gasteiger partial charge on any atom is 0.272 e. The Morgan fingerprint density at radius 1 is 1.35 bits per heavy atom. The first kappa shape index (κ1) is 15.9. The van der Waals surface area contributed by atoms with Crippen LogP contribution < -0.4 is 5.32 Å². The van der Waals surface area contributed by atoms with Crippen molar-refractivity contribution in [3.63, 3.8) is 0 Å². The highest BCUT2D eigenvalue weighted by Gasteiger charge is 2.23. The highest BCUT2D eigenvalue weighted by atomic mass is 35.5. The third-order valence-corrected chi connectivity index (χ3v) is 4.19. The fourth-order valence-corrected chi connectivity index (χ4v) is 2.89. The quantitative estimate of drug-likeness (QED) is 0.914. The van der Waals surface area contributed by atoms with Gasteiger partial charge >= 0.3 is 0 Å². The minimum Gasteiger partial charge on any atom is -0.333 e. The lowest BCUT2D eigenvalue weighted by Crippen LogP contribution is -2.36. The van der Waals surface area contributed by atoms with Gasteiger partial charge in [0.15, 0.2) is 0 Å². The number of carbonyl (C=O) groups excluding carboxylic acids is 1. The van der Waals surface area contributed by atoms with Crippen LogP contribution in [0.3, 0.4) is 0 Å². The maximum absolute atomic E-state index is 12.8. The number of halogens is 1. The maximum atomic E-state index is 12.8. The summed E-state index contributed by atoms with van der Waals surface area (Å²) in [5, 5.41) is 3.87. The molecule has 23 heavy (non-hydrogen) atoms. The second-order valence-electron chi connectivity index (χ2n) is 5.77. The second kappa shape index (κ2) is 7.53. The summed E-state index contributed by atoms with van der Waals surface area (Å²) < 4.78 is 0. The molecule has 1 aliphatic rings. The predicted octanol–water partition coefficient (Wildman–Crippen LogP) is 2.38. The Labute approximate surface area is 140 Å². The van der Waals surface area contributed by atoms with Crippen LogP contribution in [0.5, 0.6) is 0 Å². The van der Waals surface area contributed by atoms with Crippen molar-refractivity contribution in [2.45, 2.75) is 13.0 Å². The standard InChI is InChI=1S/C17H19ClN4O/c18-15-3-4-16(21-10-15)17(23)22(12-14-5-7-20-9-14)11-13-2-1-6-19-8-13/h1-4,6,8,10,14,20H,5,7,9,11-12H2/t14-/m0/s1. The molecule has 1 atom stereocenters. The Morgan fingerprint density at radius 2 is 2.26 bits per heavy atom. The minimum absolute atomic E-state index is 0.0718. The van der Waals surface area contributed by atoms with E-state index < -0.39 is 0 Å². The number of hydrogen-bond donors (Lipinski definition) is 1. The summed E-state index contributed by atoms with van der Waals surface area (Å²) in [5.74, 6) is 0.403. The fourth-order valence-electron chi connectivity index (χ4n) is 2.78. The number of pyridine rings is 2. The molecule has 1 saturated heterocycles. The summed E-state index contributed by atoms with van der Waals surface area (Å²) in [7, 11) is 0. The minimum atomic E-state index is -0.0718. The van der Waals surface area contributed by atoms with Crippen molar-refractivity contribution in [1.82, 2.24) is 20.2 Å². The monoisotopic (exact) mass is 330 g/mol. The Bertz CT molecular complexity index is 641. The normalized spacial score (nSPS) is 17.2. The van der Waals surface area contributed by atoms with Crippen LogP contribution in [0.1, 0.15) is 22.5 Å². The van der Waals surface area contributed by atoms with E-state index in [2.05, 4.69) is 15.3 Å². The molecule has 1 amide bonds. The first-order valence-corrected chi connectivity index (χ1v) is 8.10. The van der Waals surface area contributed by atoms with E-state index >= 15 is 0 Å². The Morgan fingerprint density at radius 3 is 2.91 bits per heavy atom. The third kappa shape index (κ3) is 4.27. The van der Waals surface area contributed by atoms with E-state index in [1.54, 1.807) is 24.5 Å². The molecule has 1 aliphatic heterocycles. The number of carbonyl (C=O) groups is 1. The van der Waals surface area contributed by atoms with E-state index in [-0.39, 0.29) is 5.91 Å². The van der Waals surface area contributed by atoms with Gasteiger partial charge in [0.05, 0.1) is 5.02 Å². The van der Waals surface area contributed by atoms with Gasteiger partial charge in [0, 0.05) is 31.7 Å². The van der Waals surface area contributed by atoms with Crippen LogP contribution in [-0.2, 0) is 6.54 Å². The van der Waals surface area contributed by atoms with Crippen LogP contribution >= 0.6 is 11.6 Å². The highest BCUT2D eigenvalue weighted by molar-refractivity contribution is 6.30. The lowest BCUT2D eigenvalue weighted by molar-refractivity contribution is 0.0712. The van der Waals surface area contributed by atoms with Gasteiger partial charge in [0.25, 0.3) is 5.91 Å². The van der Waals surface area contributed by atoms with Crippen molar-refractivity contribution in [3.8, 4) is 0 Å². The van der Waals surface area contributed by atoms with E-state index in [1.165, 1.54) is 6.20 Å². The van der Waals surface area contributed by atoms with Gasteiger partial charge in [0.2, 0.25) is 0 Å². The van der Waals surface area contributed by atoms with Gasteiger partial charge in [0.1, 0.15) is 5.69 Å². The van der Waals surface area contributed by atoms with Gasteiger partial charge in [-0.05, 0) is 49.2 Å². The average Bonchev–Trinajstić information content (AvgIpc) is 3.08. The van der Waals surface area contributed by atoms with E-state index in [9.17, 15) is 4.79 Å². The molecule has 0 bridgehead atoms. The summed E-state index contributed by atoms with van der Waals surface area (Å²) in [4.78, 5) is 23.0. The van der Waals surface area contributed by atoms with E-state index in [1.807, 2.05) is 17.0 Å². The molecule has 1 fully saturated rings. The van der Waals surface area contributed by atoms with E-state index in [0.717, 1.165) is 25.1 Å². The predicted molar refractivity (Wildman–Crippen MR) is 89.2 cm³/mol. The van der Waals surface area contributed by atoms with Crippen LogP contribution in [0.4, 0.5) is 0 Å². The lowest BCUT2D eigenvalue weighted by atomic mass is 10.1. The van der Waals surface area contributed by atoms with Crippen LogP contribution in [0.25, 0.3) is 0 Å². The van der Waals surface area contributed by atoms with E-state index in [0.29, 0.717) is 29.7 Å². The smallest absolute Gasteiger partial charge is 0.272 e. The molecule has 0 saturated carbocycles. The molecular weight excluding hydrogens is 312 g/mol. The summed E-state index contributed by atoms with van der Waals surface area (Å²) in [6.07, 6.45) is 6.12. The van der Waals surface area contributed by atoms with E-state index in [4.69, 9.17) is 11.6 Å². The number of aromatic nitrogens is 2. The summed E-state index contributed by atoms with van der Waals surface area (Å²) in [6, 6.07) is 7.24. The molecule has 120 valence electrons. The van der Waals surface area contributed by atoms with Crippen molar-refractivity contribution in [1.29, 1.82) is 0 Å². The van der Waals surface area contributed by atoms with Crippen LogP contribution in [0, 0.1) is 5.92 Å². The Balaban J connectivity index is 1.78. The van der Waals surface area contributed by atoms with Gasteiger partial charge < -0.3 is 10.2 Å². The highest BCUT2D eigenvalue weighted by Crippen LogP contribution is 2.16. The fraction of sp³-hybridized carbons (Fsp3) is 0.353. The molecule has 0 spiro atoms. The molecule has 0 radical (unpaired) electrons. The number of amides is 1. The van der Waals surface area contributed by atoms with Crippen molar-refractivity contribution >= 4 is 17.5 Å². The summed E-state index contributed by atoms with van der Waals surface area (Å²) in [6.45, 7) is 3.21. The van der Waals surface area contributed by atoms with Crippen molar-refractivity contribution < 1.29 is 4.79 Å². The molecule has 6 heteroatoms. The van der Waals surface area contributed by atoms with Crippen molar-refractivity contribution in [2.75, 3.05) is 19.6 Å². The zero-order chi connectivity index (χ0) is 16.1. The topological polar surface area (TPSA) is 58.1 Å². The molecule has 0 aliphatic carbocycles. The molecule has 2 aromatic rings. The van der Waals surface area contributed by atoms with Crippen LogP contribution in [0.2, 0.25) is 5.02 Å². The zero-order valence-corrected chi connectivity index (χ0v) is 13.5. The first-order valence-electron chi connectivity index (χ1n) is 7.73. The Kier molecular flexibility index (Phi) is 5.20. The van der Waals surface area contributed by atoms with Crippen molar-refractivity contribution in [2.24, 2.45) is 5.92 Å². The summed E-state index contributed by atoms with van der Waals surface area (Å²) >= 11 is 5.86. The molecule has 5 nitrogen and oxygen atoms in total. The molecule has 2 aromatic heterocycles. The molecule has 0 aromatic carbocycles. The van der Waals surface area contributed by atoms with Crippen molar-refractivity contribution in [3.05, 3.63) is 59.1 Å². The number of hydrogen-bond acceptors (Lipinski definition) is 4. The van der Waals surface area contributed by atoms with Crippen LogP contribution in [0.15, 0.2) is 42.9 Å². The number of nitrogens with one attached hydrogen (secondary N) is 1. The SMILES string of the molecule is O=C(c1ccc(Cl)cn1)N(Cc1cccnc1)C[C@H]1CCNC1. The van der Waals surface area contributed by atoms with Gasteiger partial charge in [-0.2, -0.15) is 0 Å². The second-order valence-corrected chi connectivity index (χ2v) is 6.20. The largest absolute Gasteiger partial charge is 0.333 e. The molecule has 1 N–H and O–H groups in total. The van der Waals surface area contributed by atoms with Gasteiger partial charge in [-0.15, -0.1) is 0 Å². The number of rotatable bonds is 5. The average molecular weight is 331 g/mol. The molecule has 0 unspecified atom stereocenters. The summed E-state index contributed by atoms with van der Waals surface area (Å²) in [5.41, 5.74) is 1.44. The van der Waals surface area contributed by atoms with Gasteiger partial charge in [-0.3, -0.25) is 9.78 Å². The first-order chi connectivity index (χ1) is 11.2. The van der Waals surface area contributed by atoms with Crippen LogP contribution in [-0.4, -0.2) is 40.4 Å². The lowest BCUT2D eigenvalue weighted by Gasteiger charge is -2.25. The number of nitrogens with zero attached hydrogens (tertiary/aromatic N) is 3.